The quantitative estimate of drug-likeness (QED) is 0.544. The van der Waals surface area contributed by atoms with Gasteiger partial charge in [0.05, 0.1) is 13.7 Å². The summed E-state index contributed by atoms with van der Waals surface area (Å²) in [6, 6.07) is 22.8. The predicted octanol–water partition coefficient (Wildman–Crippen LogP) is 4.37. The number of hydrogen-bond donors (Lipinski definition) is 1. The van der Waals surface area contributed by atoms with Crippen LogP contribution in [0, 0.1) is 0 Å². The number of carbonyl (C=O) groups is 2. The number of methoxy groups -OCH3 is 1. The second-order valence-electron chi connectivity index (χ2n) is 8.61. The maximum atomic E-state index is 13.6. The van der Waals surface area contributed by atoms with Crippen molar-refractivity contribution < 1.29 is 19.1 Å². The van der Waals surface area contributed by atoms with Crippen LogP contribution in [-0.2, 0) is 24.3 Å². The summed E-state index contributed by atoms with van der Waals surface area (Å²) in [5, 5.41) is 3.05. The van der Waals surface area contributed by atoms with Gasteiger partial charge >= 0.3 is 0 Å². The molecular weight excluding hydrogens is 428 g/mol. The molecule has 1 heterocycles. The van der Waals surface area contributed by atoms with E-state index in [9.17, 15) is 9.59 Å². The number of fused-ring (bicyclic) bond motifs is 1. The van der Waals surface area contributed by atoms with Crippen molar-refractivity contribution in [2.45, 2.75) is 38.9 Å². The molecule has 1 aliphatic heterocycles. The molecule has 3 aromatic carbocycles. The minimum absolute atomic E-state index is 0.150. The summed E-state index contributed by atoms with van der Waals surface area (Å²) in [5.74, 6) is 1.13. The zero-order valence-corrected chi connectivity index (χ0v) is 19.8. The average Bonchev–Trinajstić information content (AvgIpc) is 2.85. The van der Waals surface area contributed by atoms with Crippen molar-refractivity contribution in [1.82, 2.24) is 10.2 Å². The molecule has 4 rings (SSSR count). The fourth-order valence-corrected chi connectivity index (χ4v) is 4.41. The Balaban J connectivity index is 1.63. The van der Waals surface area contributed by atoms with Crippen LogP contribution in [0.25, 0.3) is 0 Å². The molecule has 1 aliphatic rings. The van der Waals surface area contributed by atoms with Crippen LogP contribution >= 0.6 is 0 Å². The van der Waals surface area contributed by atoms with Crippen LogP contribution in [0.15, 0.2) is 72.8 Å². The number of carbonyl (C=O) groups excluding carboxylic acids is 2. The van der Waals surface area contributed by atoms with Gasteiger partial charge in [-0.05, 0) is 60.9 Å². The summed E-state index contributed by atoms with van der Waals surface area (Å²) in [5.41, 5.74) is 2.30. The molecule has 1 N–H and O–H groups in total. The van der Waals surface area contributed by atoms with Crippen LogP contribution in [0.1, 0.15) is 40.9 Å². The highest BCUT2D eigenvalue weighted by Crippen LogP contribution is 2.33. The molecule has 0 saturated carbocycles. The Morgan fingerprint density at radius 1 is 1.00 bits per heavy atom. The first-order chi connectivity index (χ1) is 16.4. The first-order valence-electron chi connectivity index (χ1n) is 11.5. The zero-order valence-electron chi connectivity index (χ0n) is 19.8. The summed E-state index contributed by atoms with van der Waals surface area (Å²) >= 11 is 0. The summed E-state index contributed by atoms with van der Waals surface area (Å²) in [6.07, 6.45) is 0.435. The highest BCUT2D eigenvalue weighted by atomic mass is 16.5. The highest BCUT2D eigenvalue weighted by Gasteiger charge is 2.46. The van der Waals surface area contributed by atoms with Gasteiger partial charge in [-0.25, -0.2) is 0 Å². The molecule has 176 valence electrons. The lowest BCUT2D eigenvalue weighted by Crippen LogP contribution is -2.62. The standard InChI is InChI=1S/C28H30N2O4/c1-4-34-24-13-8-10-21(16-24)19-30-26(31)25-14-6-5-11-22(25)17-28(30,2)27(32)29-18-20-9-7-12-23(15-20)33-3/h5-16H,4,17-19H2,1-3H3,(H,29,32). The van der Waals surface area contributed by atoms with Gasteiger partial charge in [-0.2, -0.15) is 0 Å². The van der Waals surface area contributed by atoms with E-state index in [2.05, 4.69) is 5.32 Å². The van der Waals surface area contributed by atoms with E-state index in [0.717, 1.165) is 28.2 Å². The molecule has 0 saturated heterocycles. The highest BCUT2D eigenvalue weighted by molar-refractivity contribution is 6.02. The lowest BCUT2D eigenvalue weighted by Gasteiger charge is -2.44. The van der Waals surface area contributed by atoms with Crippen molar-refractivity contribution in [3.63, 3.8) is 0 Å². The third kappa shape index (κ3) is 4.76. The second kappa shape index (κ2) is 10.00. The van der Waals surface area contributed by atoms with Crippen LogP contribution in [0.3, 0.4) is 0 Å². The topological polar surface area (TPSA) is 67.9 Å². The van der Waals surface area contributed by atoms with Gasteiger partial charge < -0.3 is 19.7 Å². The Kier molecular flexibility index (Phi) is 6.87. The molecule has 0 spiro atoms. The van der Waals surface area contributed by atoms with Crippen LogP contribution in [0.5, 0.6) is 11.5 Å². The van der Waals surface area contributed by atoms with Gasteiger partial charge in [-0.1, -0.05) is 42.5 Å². The molecule has 2 amide bonds. The Labute approximate surface area is 200 Å². The van der Waals surface area contributed by atoms with E-state index in [0.29, 0.717) is 31.7 Å². The van der Waals surface area contributed by atoms with E-state index in [4.69, 9.17) is 9.47 Å². The fraction of sp³-hybridized carbons (Fsp3) is 0.286. The molecular formula is C28H30N2O4. The molecule has 6 heteroatoms. The smallest absolute Gasteiger partial charge is 0.255 e. The van der Waals surface area contributed by atoms with E-state index < -0.39 is 5.54 Å². The molecule has 34 heavy (non-hydrogen) atoms. The molecule has 3 aromatic rings. The zero-order chi connectivity index (χ0) is 24.1. The van der Waals surface area contributed by atoms with Crippen LogP contribution in [0.2, 0.25) is 0 Å². The summed E-state index contributed by atoms with van der Waals surface area (Å²) in [6.45, 7) is 4.98. The Hall–Kier alpha value is -3.80. The molecule has 0 bridgehead atoms. The Morgan fingerprint density at radius 2 is 1.71 bits per heavy atom. The van der Waals surface area contributed by atoms with Crippen LogP contribution < -0.4 is 14.8 Å². The van der Waals surface area contributed by atoms with Gasteiger partial charge in [0, 0.05) is 25.1 Å². The largest absolute Gasteiger partial charge is 0.497 e. The van der Waals surface area contributed by atoms with Crippen molar-refractivity contribution in [2.24, 2.45) is 0 Å². The third-order valence-corrected chi connectivity index (χ3v) is 6.25. The summed E-state index contributed by atoms with van der Waals surface area (Å²) < 4.78 is 10.9. The summed E-state index contributed by atoms with van der Waals surface area (Å²) in [7, 11) is 1.61. The predicted molar refractivity (Wildman–Crippen MR) is 131 cm³/mol. The van der Waals surface area contributed by atoms with E-state index in [-0.39, 0.29) is 11.8 Å². The van der Waals surface area contributed by atoms with E-state index in [1.807, 2.05) is 86.6 Å². The van der Waals surface area contributed by atoms with Crippen molar-refractivity contribution in [3.8, 4) is 11.5 Å². The second-order valence-corrected chi connectivity index (χ2v) is 8.61. The third-order valence-electron chi connectivity index (χ3n) is 6.25. The average molecular weight is 459 g/mol. The van der Waals surface area contributed by atoms with Crippen LogP contribution in [0.4, 0.5) is 0 Å². The first kappa shape index (κ1) is 23.4. The Bertz CT molecular complexity index is 1190. The lowest BCUT2D eigenvalue weighted by molar-refractivity contribution is -0.132. The SMILES string of the molecule is CCOc1cccc(CN2C(=O)c3ccccc3CC2(C)C(=O)NCc2cccc(OC)c2)c1. The molecule has 1 unspecified atom stereocenters. The molecule has 0 aromatic heterocycles. The number of hydrogen-bond acceptors (Lipinski definition) is 4. The monoisotopic (exact) mass is 458 g/mol. The minimum atomic E-state index is -1.05. The molecule has 0 fully saturated rings. The van der Waals surface area contributed by atoms with Gasteiger partial charge in [0.25, 0.3) is 5.91 Å². The fourth-order valence-electron chi connectivity index (χ4n) is 4.41. The summed E-state index contributed by atoms with van der Waals surface area (Å²) in [4.78, 5) is 28.9. The number of nitrogens with zero attached hydrogens (tertiary/aromatic N) is 1. The van der Waals surface area contributed by atoms with E-state index in [1.165, 1.54) is 0 Å². The molecule has 1 atom stereocenters. The van der Waals surface area contributed by atoms with Crippen molar-refractivity contribution in [2.75, 3.05) is 13.7 Å². The first-order valence-corrected chi connectivity index (χ1v) is 11.5. The van der Waals surface area contributed by atoms with E-state index in [1.54, 1.807) is 12.0 Å². The molecule has 0 aliphatic carbocycles. The number of ether oxygens (including phenoxy) is 2. The van der Waals surface area contributed by atoms with Gasteiger partial charge in [-0.3, -0.25) is 9.59 Å². The number of rotatable bonds is 8. The number of amides is 2. The Morgan fingerprint density at radius 3 is 2.47 bits per heavy atom. The van der Waals surface area contributed by atoms with Crippen molar-refractivity contribution in [1.29, 1.82) is 0 Å². The van der Waals surface area contributed by atoms with Gasteiger partial charge in [0.2, 0.25) is 5.91 Å². The van der Waals surface area contributed by atoms with Crippen LogP contribution in [-0.4, -0.2) is 36.0 Å². The number of nitrogens with one attached hydrogen (secondary N) is 1. The molecule has 6 nitrogen and oxygen atoms in total. The van der Waals surface area contributed by atoms with Gasteiger partial charge in [0.1, 0.15) is 17.0 Å². The van der Waals surface area contributed by atoms with Crippen molar-refractivity contribution >= 4 is 11.8 Å². The van der Waals surface area contributed by atoms with E-state index >= 15 is 0 Å². The maximum absolute atomic E-state index is 13.6. The van der Waals surface area contributed by atoms with Gasteiger partial charge in [-0.15, -0.1) is 0 Å². The minimum Gasteiger partial charge on any atom is -0.497 e. The van der Waals surface area contributed by atoms with Crippen molar-refractivity contribution in [3.05, 3.63) is 95.1 Å². The maximum Gasteiger partial charge on any atom is 0.255 e. The number of benzene rings is 3. The molecule has 0 radical (unpaired) electrons. The lowest BCUT2D eigenvalue weighted by atomic mass is 9.82. The normalized spacial score (nSPS) is 17.1. The van der Waals surface area contributed by atoms with Gasteiger partial charge in [0.15, 0.2) is 0 Å².